The third-order valence-electron chi connectivity index (χ3n) is 4.54. The number of aryl methyl sites for hydroxylation is 1. The highest BCUT2D eigenvalue weighted by Gasteiger charge is 2.20. The van der Waals surface area contributed by atoms with Gasteiger partial charge in [-0.15, -0.1) is 0 Å². The summed E-state index contributed by atoms with van der Waals surface area (Å²) in [7, 11) is -0.917. The van der Waals surface area contributed by atoms with E-state index in [0.29, 0.717) is 28.6 Å². The van der Waals surface area contributed by atoms with Gasteiger partial charge in [0.1, 0.15) is 11.6 Å². The number of hydrogen-bond donors (Lipinski definition) is 3. The van der Waals surface area contributed by atoms with Gasteiger partial charge in [-0.1, -0.05) is 0 Å². The molecule has 1 aromatic carbocycles. The average molecular weight is 475 g/mol. The number of pyridine rings is 2. The van der Waals surface area contributed by atoms with Crippen molar-refractivity contribution in [3.8, 4) is 0 Å². The van der Waals surface area contributed by atoms with Crippen molar-refractivity contribution in [3.05, 3.63) is 65.7 Å². The van der Waals surface area contributed by atoms with Crippen LogP contribution in [0.1, 0.15) is 16.1 Å². The summed E-state index contributed by atoms with van der Waals surface area (Å²) < 4.78 is 38.5. The van der Waals surface area contributed by atoms with Crippen molar-refractivity contribution in [2.24, 2.45) is 0 Å². The summed E-state index contributed by atoms with van der Waals surface area (Å²) in [6.45, 7) is 1.73. The largest absolute Gasteiger partial charge is 0.352 e. The number of nitrogens with zero attached hydrogens (tertiary/aromatic N) is 3. The average Bonchev–Trinajstić information content (AvgIpc) is 2.76. The zero-order valence-electron chi connectivity index (χ0n) is 18.4. The van der Waals surface area contributed by atoms with E-state index < -0.39 is 15.9 Å². The third kappa shape index (κ3) is 5.93. The Kier molecular flexibility index (Phi) is 7.09. The highest BCUT2D eigenvalue weighted by molar-refractivity contribution is 7.92. The number of sulfonamides is 1. The summed E-state index contributed by atoms with van der Waals surface area (Å²) in [5.74, 6) is -0.438. The number of amides is 1. The zero-order chi connectivity index (χ0) is 24.2. The van der Waals surface area contributed by atoms with Crippen LogP contribution < -0.4 is 20.4 Å². The molecule has 2 aromatic heterocycles. The molecular weight excluding hydrogens is 451 g/mol. The van der Waals surface area contributed by atoms with Crippen LogP contribution in [-0.4, -0.2) is 44.7 Å². The minimum absolute atomic E-state index is 0.134. The van der Waals surface area contributed by atoms with E-state index in [1.54, 1.807) is 37.3 Å². The minimum Gasteiger partial charge on any atom is -0.352 e. The maximum absolute atomic E-state index is 13.2. The minimum atomic E-state index is -3.60. The van der Waals surface area contributed by atoms with Crippen LogP contribution in [0.25, 0.3) is 0 Å². The number of halogens is 1. The topological polar surface area (TPSA) is 126 Å². The monoisotopic (exact) mass is 474 g/mol. The van der Waals surface area contributed by atoms with Crippen molar-refractivity contribution >= 4 is 44.6 Å². The second-order valence-corrected chi connectivity index (χ2v) is 9.08. The van der Waals surface area contributed by atoms with Crippen molar-refractivity contribution in [1.82, 2.24) is 15.4 Å². The Hall–Kier alpha value is -3.77. The molecule has 0 saturated carbocycles. The first-order valence-electron chi connectivity index (χ1n) is 9.63. The summed E-state index contributed by atoms with van der Waals surface area (Å²) in [5.41, 5.74) is 4.21. The third-order valence-corrected chi connectivity index (χ3v) is 5.71. The first-order chi connectivity index (χ1) is 15.6. The summed E-state index contributed by atoms with van der Waals surface area (Å²) >= 11 is 0. The van der Waals surface area contributed by atoms with Gasteiger partial charge in [0, 0.05) is 30.7 Å². The maximum atomic E-state index is 13.2. The lowest BCUT2D eigenvalue weighted by Crippen LogP contribution is -2.27. The molecule has 3 N–H and O–H groups in total. The van der Waals surface area contributed by atoms with Gasteiger partial charge in [-0.05, 0) is 43.3 Å². The maximum Gasteiger partial charge on any atom is 0.278 e. The van der Waals surface area contributed by atoms with Crippen LogP contribution in [0.15, 0.2) is 48.7 Å². The van der Waals surface area contributed by atoms with Gasteiger partial charge < -0.3 is 10.6 Å². The number of aromatic nitrogens is 2. The van der Waals surface area contributed by atoms with Gasteiger partial charge in [-0.2, -0.15) is 0 Å². The molecule has 10 nitrogen and oxygen atoms in total. The molecule has 1 amide bonds. The molecule has 0 aliphatic carbocycles. The van der Waals surface area contributed by atoms with E-state index in [4.69, 9.17) is 4.84 Å². The summed E-state index contributed by atoms with van der Waals surface area (Å²) in [4.78, 5) is 25.8. The Labute approximate surface area is 190 Å². The molecule has 33 heavy (non-hydrogen) atoms. The van der Waals surface area contributed by atoms with Gasteiger partial charge in [0.05, 0.1) is 30.3 Å². The van der Waals surface area contributed by atoms with Crippen LogP contribution in [-0.2, 0) is 14.9 Å². The van der Waals surface area contributed by atoms with E-state index in [-0.39, 0.29) is 17.2 Å². The quantitative estimate of drug-likeness (QED) is 0.425. The first-order valence-corrected chi connectivity index (χ1v) is 11.5. The van der Waals surface area contributed by atoms with E-state index in [2.05, 4.69) is 26.1 Å². The molecule has 0 saturated heterocycles. The fourth-order valence-corrected chi connectivity index (χ4v) is 3.27. The fourth-order valence-electron chi connectivity index (χ4n) is 2.82. The number of carbonyl (C=O) groups is 1. The predicted octanol–water partition coefficient (Wildman–Crippen LogP) is 3.10. The molecular formula is C21H23FN6O4S. The Balaban J connectivity index is 2.04. The molecule has 2 heterocycles. The number of hydrogen-bond acceptors (Lipinski definition) is 8. The van der Waals surface area contributed by atoms with E-state index in [0.717, 1.165) is 10.6 Å². The molecule has 3 aromatic rings. The molecule has 0 bridgehead atoms. The number of anilines is 5. The van der Waals surface area contributed by atoms with Crippen LogP contribution in [0.3, 0.4) is 0 Å². The molecule has 174 valence electrons. The van der Waals surface area contributed by atoms with Crippen molar-refractivity contribution in [2.45, 2.75) is 6.92 Å². The van der Waals surface area contributed by atoms with Gasteiger partial charge >= 0.3 is 0 Å². The van der Waals surface area contributed by atoms with Crippen LogP contribution in [0.4, 0.5) is 33.1 Å². The molecule has 0 atom stereocenters. The Morgan fingerprint density at radius 1 is 1.09 bits per heavy atom. The summed E-state index contributed by atoms with van der Waals surface area (Å²) in [5, 5.41) is 6.09. The second-order valence-electron chi connectivity index (χ2n) is 7.06. The molecule has 3 rings (SSSR count). The first kappa shape index (κ1) is 23.9. The van der Waals surface area contributed by atoms with Crippen LogP contribution in [0.5, 0.6) is 0 Å². The molecule has 0 fully saturated rings. The Morgan fingerprint density at radius 3 is 2.42 bits per heavy atom. The van der Waals surface area contributed by atoms with Gasteiger partial charge in [-0.25, -0.2) is 28.3 Å². The lowest BCUT2D eigenvalue weighted by Gasteiger charge is -2.21. The van der Waals surface area contributed by atoms with Crippen molar-refractivity contribution in [2.75, 3.05) is 35.4 Å². The smallest absolute Gasteiger partial charge is 0.278 e. The molecule has 0 aliphatic rings. The predicted molar refractivity (Wildman–Crippen MR) is 124 cm³/mol. The van der Waals surface area contributed by atoms with E-state index in [1.165, 1.54) is 32.5 Å². The Morgan fingerprint density at radius 2 is 1.79 bits per heavy atom. The zero-order valence-corrected chi connectivity index (χ0v) is 19.2. The standard InChI is InChI=1S/C21H23FN6O4S/c1-13-5-10-17(20(24-13)28(2)33(4,30)31)26-18-11-19(23-12-16(18)21(29)27-32-3)25-15-8-6-14(22)7-9-15/h5-12H,1-4H3,(H,27,29)(H2,23,25,26). The molecule has 12 heteroatoms. The number of hydroxylamine groups is 1. The van der Waals surface area contributed by atoms with Crippen molar-refractivity contribution in [3.63, 3.8) is 0 Å². The molecule has 0 radical (unpaired) electrons. The van der Waals surface area contributed by atoms with Crippen molar-refractivity contribution in [1.29, 1.82) is 0 Å². The highest BCUT2D eigenvalue weighted by atomic mass is 32.2. The van der Waals surface area contributed by atoms with E-state index in [1.807, 2.05) is 0 Å². The van der Waals surface area contributed by atoms with Gasteiger partial charge in [0.25, 0.3) is 5.91 Å². The lowest BCUT2D eigenvalue weighted by molar-refractivity contribution is 0.0538. The number of rotatable bonds is 8. The van der Waals surface area contributed by atoms with Crippen LogP contribution in [0.2, 0.25) is 0 Å². The van der Waals surface area contributed by atoms with Crippen LogP contribution in [0, 0.1) is 12.7 Å². The molecule has 0 spiro atoms. The van der Waals surface area contributed by atoms with E-state index in [9.17, 15) is 17.6 Å². The lowest BCUT2D eigenvalue weighted by atomic mass is 10.2. The number of nitrogens with one attached hydrogen (secondary N) is 3. The van der Waals surface area contributed by atoms with Gasteiger partial charge in [0.15, 0.2) is 5.82 Å². The van der Waals surface area contributed by atoms with Gasteiger partial charge in [0.2, 0.25) is 10.0 Å². The van der Waals surface area contributed by atoms with Crippen molar-refractivity contribution < 1.29 is 22.4 Å². The molecule has 0 unspecified atom stereocenters. The fraction of sp³-hybridized carbons (Fsp3) is 0.190. The number of benzene rings is 1. The second kappa shape index (κ2) is 9.79. The summed E-state index contributed by atoms with van der Waals surface area (Å²) in [6.07, 6.45) is 2.39. The normalized spacial score (nSPS) is 11.1. The number of carbonyl (C=O) groups excluding carboxylic acids is 1. The van der Waals surface area contributed by atoms with Gasteiger partial charge in [-0.3, -0.25) is 13.9 Å². The van der Waals surface area contributed by atoms with E-state index >= 15 is 0 Å². The molecule has 0 aliphatic heterocycles. The highest BCUT2D eigenvalue weighted by Crippen LogP contribution is 2.31. The Bertz CT molecular complexity index is 1270. The van der Waals surface area contributed by atoms with Crippen LogP contribution >= 0.6 is 0 Å². The summed E-state index contributed by atoms with van der Waals surface area (Å²) in [6, 6.07) is 10.6. The SMILES string of the molecule is CONC(=O)c1cnc(Nc2ccc(F)cc2)cc1Nc1ccc(C)nc1N(C)S(C)(=O)=O.